The number of aliphatic hydroxyl groups excluding tert-OH is 1. The van der Waals surface area contributed by atoms with E-state index >= 15 is 0 Å². The summed E-state index contributed by atoms with van der Waals surface area (Å²) in [7, 11) is 0. The van der Waals surface area contributed by atoms with E-state index < -0.39 is 6.10 Å². The van der Waals surface area contributed by atoms with Crippen LogP contribution in [0.2, 0.25) is 5.02 Å². The van der Waals surface area contributed by atoms with E-state index in [9.17, 15) is 9.90 Å². The van der Waals surface area contributed by atoms with Crippen molar-refractivity contribution in [1.82, 2.24) is 10.2 Å². The molecule has 1 aliphatic rings. The molecular weight excluding hydrogens is 276 g/mol. The summed E-state index contributed by atoms with van der Waals surface area (Å²) in [5.41, 5.74) is 0.754. The zero-order valence-corrected chi connectivity index (χ0v) is 12.4. The molecule has 0 saturated carbocycles. The average Bonchev–Trinajstić information content (AvgIpc) is 2.82. The first kappa shape index (κ1) is 15.3. The Hall–Kier alpha value is -1.10. The van der Waals surface area contributed by atoms with Gasteiger partial charge in [0.25, 0.3) is 0 Å². The van der Waals surface area contributed by atoms with E-state index in [0.29, 0.717) is 17.6 Å². The SMILES string of the molecule is C[C@@H]1CCCN1CC(=O)NC[C@@H](O)c1ccc(Cl)cc1. The average molecular weight is 297 g/mol. The van der Waals surface area contributed by atoms with Crippen LogP contribution in [0.5, 0.6) is 0 Å². The van der Waals surface area contributed by atoms with Gasteiger partial charge in [-0.15, -0.1) is 0 Å². The molecule has 1 aliphatic heterocycles. The van der Waals surface area contributed by atoms with Crippen LogP contribution >= 0.6 is 11.6 Å². The highest BCUT2D eigenvalue weighted by atomic mass is 35.5. The van der Waals surface area contributed by atoms with Crippen molar-refractivity contribution in [3.05, 3.63) is 34.9 Å². The maximum absolute atomic E-state index is 11.8. The van der Waals surface area contributed by atoms with Crippen molar-refractivity contribution in [3.8, 4) is 0 Å². The lowest BCUT2D eigenvalue weighted by molar-refractivity contribution is -0.122. The summed E-state index contributed by atoms with van der Waals surface area (Å²) in [6.45, 7) is 3.76. The minimum absolute atomic E-state index is 0.0354. The third kappa shape index (κ3) is 4.20. The first-order valence-corrected chi connectivity index (χ1v) is 7.38. The van der Waals surface area contributed by atoms with Crippen LogP contribution in [0.25, 0.3) is 0 Å². The largest absolute Gasteiger partial charge is 0.387 e. The number of carbonyl (C=O) groups excluding carboxylic acids is 1. The second kappa shape index (κ2) is 7.07. The molecule has 2 atom stereocenters. The van der Waals surface area contributed by atoms with Gasteiger partial charge in [-0.05, 0) is 44.0 Å². The molecule has 1 heterocycles. The highest BCUT2D eigenvalue weighted by Gasteiger charge is 2.22. The van der Waals surface area contributed by atoms with E-state index in [1.165, 1.54) is 0 Å². The number of benzene rings is 1. The second-order valence-corrected chi connectivity index (χ2v) is 5.77. The predicted octanol–water partition coefficient (Wildman–Crippen LogP) is 1.97. The Balaban J connectivity index is 1.76. The molecule has 5 heteroatoms. The van der Waals surface area contributed by atoms with Gasteiger partial charge in [-0.2, -0.15) is 0 Å². The lowest BCUT2D eigenvalue weighted by Crippen LogP contribution is -2.40. The zero-order valence-electron chi connectivity index (χ0n) is 11.7. The third-order valence-corrected chi connectivity index (χ3v) is 4.04. The molecule has 0 unspecified atom stereocenters. The van der Waals surface area contributed by atoms with Crippen LogP contribution in [-0.4, -0.2) is 41.6 Å². The minimum atomic E-state index is -0.702. The zero-order chi connectivity index (χ0) is 14.5. The highest BCUT2D eigenvalue weighted by molar-refractivity contribution is 6.30. The normalized spacial score (nSPS) is 20.9. The van der Waals surface area contributed by atoms with E-state index in [1.807, 2.05) is 0 Å². The summed E-state index contributed by atoms with van der Waals surface area (Å²) in [5, 5.41) is 13.4. The summed E-state index contributed by atoms with van der Waals surface area (Å²) in [6.07, 6.45) is 1.61. The van der Waals surface area contributed by atoms with Gasteiger partial charge in [-0.1, -0.05) is 23.7 Å². The Labute approximate surface area is 124 Å². The van der Waals surface area contributed by atoms with Crippen LogP contribution in [-0.2, 0) is 4.79 Å². The number of amides is 1. The lowest BCUT2D eigenvalue weighted by Gasteiger charge is -2.20. The monoisotopic (exact) mass is 296 g/mol. The van der Waals surface area contributed by atoms with Crippen LogP contribution in [0.4, 0.5) is 0 Å². The Bertz CT molecular complexity index is 450. The maximum Gasteiger partial charge on any atom is 0.234 e. The van der Waals surface area contributed by atoms with E-state index in [-0.39, 0.29) is 12.5 Å². The number of halogens is 1. The number of rotatable bonds is 5. The molecule has 0 aliphatic carbocycles. The molecule has 1 saturated heterocycles. The number of nitrogens with zero attached hydrogens (tertiary/aromatic N) is 1. The molecule has 2 N–H and O–H groups in total. The molecule has 2 rings (SSSR count). The summed E-state index contributed by atoms with van der Waals surface area (Å²) < 4.78 is 0. The van der Waals surface area contributed by atoms with Crippen molar-refractivity contribution in [1.29, 1.82) is 0 Å². The van der Waals surface area contributed by atoms with Gasteiger partial charge in [-0.25, -0.2) is 0 Å². The fraction of sp³-hybridized carbons (Fsp3) is 0.533. The summed E-state index contributed by atoms with van der Waals surface area (Å²) >= 11 is 5.80. The maximum atomic E-state index is 11.8. The second-order valence-electron chi connectivity index (χ2n) is 5.33. The van der Waals surface area contributed by atoms with Gasteiger partial charge in [-0.3, -0.25) is 9.69 Å². The Morgan fingerprint density at radius 3 is 2.80 bits per heavy atom. The van der Waals surface area contributed by atoms with Crippen LogP contribution < -0.4 is 5.32 Å². The summed E-state index contributed by atoms with van der Waals surface area (Å²) in [5.74, 6) is -0.0354. The van der Waals surface area contributed by atoms with Gasteiger partial charge >= 0.3 is 0 Å². The minimum Gasteiger partial charge on any atom is -0.387 e. The molecular formula is C15H21ClN2O2. The number of likely N-dealkylation sites (tertiary alicyclic amines) is 1. The Morgan fingerprint density at radius 1 is 1.50 bits per heavy atom. The van der Waals surface area contributed by atoms with Gasteiger partial charge in [0.05, 0.1) is 12.6 Å². The number of carbonyl (C=O) groups is 1. The predicted molar refractivity (Wildman–Crippen MR) is 79.7 cm³/mol. The number of nitrogens with one attached hydrogen (secondary N) is 1. The molecule has 0 bridgehead atoms. The molecule has 1 aromatic carbocycles. The topological polar surface area (TPSA) is 52.6 Å². The van der Waals surface area contributed by atoms with E-state index in [4.69, 9.17) is 11.6 Å². The van der Waals surface area contributed by atoms with Crippen molar-refractivity contribution in [2.45, 2.75) is 31.9 Å². The van der Waals surface area contributed by atoms with Crippen LogP contribution in [0.1, 0.15) is 31.4 Å². The van der Waals surface area contributed by atoms with Crippen molar-refractivity contribution in [2.24, 2.45) is 0 Å². The Kier molecular flexibility index (Phi) is 5.40. The van der Waals surface area contributed by atoms with E-state index in [1.54, 1.807) is 24.3 Å². The highest BCUT2D eigenvalue weighted by Crippen LogP contribution is 2.17. The van der Waals surface area contributed by atoms with Gasteiger partial charge in [0.2, 0.25) is 5.91 Å². The van der Waals surface area contributed by atoms with Crippen molar-refractivity contribution in [2.75, 3.05) is 19.6 Å². The smallest absolute Gasteiger partial charge is 0.234 e. The van der Waals surface area contributed by atoms with E-state index in [2.05, 4.69) is 17.1 Å². The van der Waals surface area contributed by atoms with Crippen LogP contribution in [0.3, 0.4) is 0 Å². The number of hydrogen-bond donors (Lipinski definition) is 2. The van der Waals surface area contributed by atoms with Crippen molar-refractivity contribution < 1.29 is 9.90 Å². The molecule has 1 aromatic rings. The summed E-state index contributed by atoms with van der Waals surface area (Å²) in [4.78, 5) is 14.0. The lowest BCUT2D eigenvalue weighted by atomic mass is 10.1. The van der Waals surface area contributed by atoms with Crippen LogP contribution in [0.15, 0.2) is 24.3 Å². The van der Waals surface area contributed by atoms with Crippen LogP contribution in [0, 0.1) is 0 Å². The molecule has 1 amide bonds. The number of aliphatic hydroxyl groups is 1. The van der Waals surface area contributed by atoms with Gasteiger partial charge in [0, 0.05) is 17.6 Å². The first-order chi connectivity index (χ1) is 9.56. The third-order valence-electron chi connectivity index (χ3n) is 3.78. The van der Waals surface area contributed by atoms with Crippen molar-refractivity contribution >= 4 is 17.5 Å². The summed E-state index contributed by atoms with van der Waals surface area (Å²) in [6, 6.07) is 7.47. The van der Waals surface area contributed by atoms with E-state index in [0.717, 1.165) is 24.9 Å². The molecule has 1 fully saturated rings. The standard InChI is InChI=1S/C15H21ClN2O2/c1-11-3-2-8-18(11)10-15(20)17-9-14(19)12-4-6-13(16)7-5-12/h4-7,11,14,19H,2-3,8-10H2,1H3,(H,17,20)/t11-,14-/m1/s1. The molecule has 110 valence electrons. The molecule has 0 spiro atoms. The van der Waals surface area contributed by atoms with Gasteiger partial charge in [0.15, 0.2) is 0 Å². The fourth-order valence-electron chi connectivity index (χ4n) is 2.48. The molecule has 4 nitrogen and oxygen atoms in total. The quantitative estimate of drug-likeness (QED) is 0.873. The molecule has 0 aromatic heterocycles. The Morgan fingerprint density at radius 2 is 2.20 bits per heavy atom. The molecule has 20 heavy (non-hydrogen) atoms. The first-order valence-electron chi connectivity index (χ1n) is 7.00. The number of hydrogen-bond acceptors (Lipinski definition) is 3. The fourth-order valence-corrected chi connectivity index (χ4v) is 2.61. The molecule has 0 radical (unpaired) electrons. The van der Waals surface area contributed by atoms with Gasteiger partial charge < -0.3 is 10.4 Å². The van der Waals surface area contributed by atoms with Crippen molar-refractivity contribution in [3.63, 3.8) is 0 Å². The van der Waals surface area contributed by atoms with Gasteiger partial charge in [0.1, 0.15) is 0 Å².